The van der Waals surface area contributed by atoms with Crippen LogP contribution in [0.4, 0.5) is 0 Å². The van der Waals surface area contributed by atoms with Crippen molar-refractivity contribution in [3.05, 3.63) is 40.0 Å². The van der Waals surface area contributed by atoms with Gasteiger partial charge in [0.2, 0.25) is 5.89 Å². The first-order valence-corrected chi connectivity index (χ1v) is 10.9. The topological polar surface area (TPSA) is 69.6 Å². The van der Waals surface area contributed by atoms with E-state index in [2.05, 4.69) is 38.8 Å². The van der Waals surface area contributed by atoms with Crippen LogP contribution in [0.25, 0.3) is 11.4 Å². The molecule has 0 radical (unpaired) electrons. The van der Waals surface area contributed by atoms with Crippen LogP contribution in [0, 0.1) is 5.92 Å². The van der Waals surface area contributed by atoms with Crippen molar-refractivity contribution in [2.24, 2.45) is 5.92 Å². The van der Waals surface area contributed by atoms with Crippen molar-refractivity contribution in [2.75, 3.05) is 0 Å². The van der Waals surface area contributed by atoms with Gasteiger partial charge in [0.15, 0.2) is 16.8 Å². The lowest BCUT2D eigenvalue weighted by Crippen LogP contribution is -2.08. The molecule has 0 N–H and O–H groups in total. The number of rotatable bonds is 7. The first-order chi connectivity index (χ1) is 13.4. The average Bonchev–Trinajstić information content (AvgIpc) is 3.25. The van der Waals surface area contributed by atoms with Crippen LogP contribution >= 0.6 is 35.0 Å². The maximum absolute atomic E-state index is 6.42. The molecule has 0 aliphatic heterocycles. The Morgan fingerprint density at radius 2 is 2.00 bits per heavy atom. The van der Waals surface area contributed by atoms with Crippen LogP contribution in [0.1, 0.15) is 56.5 Å². The summed E-state index contributed by atoms with van der Waals surface area (Å²) in [5, 5.41) is 14.9. The maximum Gasteiger partial charge on any atom is 0.239 e. The number of nitrogens with zero attached hydrogens (tertiary/aromatic N) is 5. The molecule has 148 valence electrons. The summed E-state index contributed by atoms with van der Waals surface area (Å²) in [5.41, 5.74) is 0.813. The molecule has 2 heterocycles. The van der Waals surface area contributed by atoms with Crippen LogP contribution in [0.3, 0.4) is 0 Å². The molecule has 1 saturated carbocycles. The van der Waals surface area contributed by atoms with E-state index in [1.54, 1.807) is 17.8 Å². The van der Waals surface area contributed by atoms with Gasteiger partial charge >= 0.3 is 0 Å². The van der Waals surface area contributed by atoms with Gasteiger partial charge < -0.3 is 9.09 Å². The molecule has 4 rings (SSSR count). The minimum absolute atomic E-state index is 0.0244. The van der Waals surface area contributed by atoms with E-state index >= 15 is 0 Å². The van der Waals surface area contributed by atoms with Crippen LogP contribution in [-0.2, 0) is 6.54 Å². The van der Waals surface area contributed by atoms with Crippen molar-refractivity contribution in [1.29, 1.82) is 0 Å². The summed E-state index contributed by atoms with van der Waals surface area (Å²) in [6.07, 6.45) is 2.29. The Morgan fingerprint density at radius 3 is 2.68 bits per heavy atom. The molecular weight excluding hydrogens is 417 g/mol. The Hall–Kier alpha value is -1.57. The van der Waals surface area contributed by atoms with E-state index in [0.717, 1.165) is 41.8 Å². The summed E-state index contributed by atoms with van der Waals surface area (Å²) >= 11 is 14.0. The lowest BCUT2D eigenvalue weighted by atomic mass is 10.2. The number of thioether (sulfide) groups is 1. The number of benzene rings is 1. The number of halogens is 2. The third-order valence-corrected chi connectivity index (χ3v) is 6.08. The van der Waals surface area contributed by atoms with Gasteiger partial charge in [-0.05, 0) is 43.9 Å². The molecule has 6 nitrogen and oxygen atoms in total. The Balaban J connectivity index is 1.63. The van der Waals surface area contributed by atoms with Gasteiger partial charge in [-0.2, -0.15) is 4.98 Å². The summed E-state index contributed by atoms with van der Waals surface area (Å²) in [5.74, 6) is 3.06. The van der Waals surface area contributed by atoms with Crippen molar-refractivity contribution in [1.82, 2.24) is 24.9 Å². The number of aromatic nitrogens is 5. The fourth-order valence-corrected chi connectivity index (χ4v) is 4.29. The molecular formula is C19H21Cl2N5OS. The van der Waals surface area contributed by atoms with Gasteiger partial charge in [0.25, 0.3) is 0 Å². The lowest BCUT2D eigenvalue weighted by molar-refractivity contribution is 0.374. The van der Waals surface area contributed by atoms with Crippen molar-refractivity contribution in [2.45, 2.75) is 56.5 Å². The van der Waals surface area contributed by atoms with E-state index in [9.17, 15) is 0 Å². The minimum Gasteiger partial charge on any atom is -0.338 e. The molecule has 0 amide bonds. The van der Waals surface area contributed by atoms with Crippen LogP contribution in [0.15, 0.2) is 27.9 Å². The maximum atomic E-state index is 6.42. The monoisotopic (exact) mass is 437 g/mol. The van der Waals surface area contributed by atoms with E-state index < -0.39 is 0 Å². The summed E-state index contributed by atoms with van der Waals surface area (Å²) in [6, 6.07) is 5.41. The van der Waals surface area contributed by atoms with Crippen molar-refractivity contribution >= 4 is 35.0 Å². The number of hydrogen-bond donors (Lipinski definition) is 0. The third-order valence-electron chi connectivity index (χ3n) is 4.47. The van der Waals surface area contributed by atoms with Gasteiger partial charge in [-0.15, -0.1) is 10.2 Å². The summed E-state index contributed by atoms with van der Waals surface area (Å²) in [4.78, 5) is 4.56. The first kappa shape index (κ1) is 19.7. The van der Waals surface area contributed by atoms with Gasteiger partial charge in [-0.3, -0.25) is 0 Å². The van der Waals surface area contributed by atoms with Crippen LogP contribution in [-0.4, -0.2) is 24.9 Å². The van der Waals surface area contributed by atoms with Crippen LogP contribution in [0.2, 0.25) is 10.0 Å². The van der Waals surface area contributed by atoms with Gasteiger partial charge in [0.05, 0.1) is 10.3 Å². The Kier molecular flexibility index (Phi) is 5.67. The molecule has 0 spiro atoms. The highest BCUT2D eigenvalue weighted by molar-refractivity contribution is 7.99. The van der Waals surface area contributed by atoms with Crippen LogP contribution in [0.5, 0.6) is 0 Å². The fourth-order valence-electron chi connectivity index (χ4n) is 2.90. The summed E-state index contributed by atoms with van der Waals surface area (Å²) in [6.45, 7) is 7.13. The van der Waals surface area contributed by atoms with Crippen molar-refractivity contribution in [3.8, 4) is 11.4 Å². The highest BCUT2D eigenvalue weighted by Crippen LogP contribution is 2.41. The Morgan fingerprint density at radius 1 is 1.21 bits per heavy atom. The van der Waals surface area contributed by atoms with E-state index in [1.165, 1.54) is 0 Å². The standard InChI is InChI=1S/C19H21Cl2N5OS/c1-10(2)9-26-17(14-7-6-13(20)8-15(14)21)23-24-19(26)28-11(3)18-22-16(25-27-18)12-4-5-12/h6-8,10-12H,4-5,9H2,1-3H3. The molecule has 1 atom stereocenters. The average molecular weight is 438 g/mol. The van der Waals surface area contributed by atoms with Crippen LogP contribution < -0.4 is 0 Å². The molecule has 1 aliphatic carbocycles. The van der Waals surface area contributed by atoms with E-state index in [4.69, 9.17) is 27.7 Å². The molecule has 1 aliphatic rings. The Labute approximate surface area is 178 Å². The first-order valence-electron chi connectivity index (χ1n) is 9.31. The molecule has 28 heavy (non-hydrogen) atoms. The molecule has 2 aromatic heterocycles. The molecule has 1 fully saturated rings. The second-order valence-electron chi connectivity index (χ2n) is 7.46. The zero-order valence-corrected chi connectivity index (χ0v) is 18.2. The molecule has 3 aromatic rings. The van der Waals surface area contributed by atoms with Gasteiger partial charge in [-0.25, -0.2) is 0 Å². The normalized spacial score (nSPS) is 15.4. The molecule has 1 aromatic carbocycles. The molecule has 9 heteroatoms. The van der Waals surface area contributed by atoms with Gasteiger partial charge in [0.1, 0.15) is 0 Å². The summed E-state index contributed by atoms with van der Waals surface area (Å²) in [7, 11) is 0. The number of hydrogen-bond acceptors (Lipinski definition) is 6. The zero-order valence-electron chi connectivity index (χ0n) is 15.9. The quantitative estimate of drug-likeness (QED) is 0.420. The second kappa shape index (κ2) is 8.05. The largest absolute Gasteiger partial charge is 0.338 e. The van der Waals surface area contributed by atoms with Crippen molar-refractivity contribution in [3.63, 3.8) is 0 Å². The zero-order chi connectivity index (χ0) is 19.8. The molecule has 0 saturated heterocycles. The molecule has 0 bridgehead atoms. The van der Waals surface area contributed by atoms with E-state index in [0.29, 0.717) is 27.8 Å². The highest BCUT2D eigenvalue weighted by atomic mass is 35.5. The highest BCUT2D eigenvalue weighted by Gasteiger charge is 2.30. The van der Waals surface area contributed by atoms with E-state index in [-0.39, 0.29) is 5.25 Å². The SMILES string of the molecule is CC(C)Cn1c(SC(C)c2nc(C3CC3)no2)nnc1-c1ccc(Cl)cc1Cl. The Bertz CT molecular complexity index is 983. The minimum atomic E-state index is -0.0244. The van der Waals surface area contributed by atoms with Gasteiger partial charge in [-0.1, -0.05) is 54.0 Å². The van der Waals surface area contributed by atoms with Gasteiger partial charge in [0, 0.05) is 23.0 Å². The van der Waals surface area contributed by atoms with Crippen molar-refractivity contribution < 1.29 is 4.52 Å². The third kappa shape index (κ3) is 4.21. The molecule has 1 unspecified atom stereocenters. The second-order valence-corrected chi connectivity index (χ2v) is 9.61. The smallest absolute Gasteiger partial charge is 0.239 e. The fraction of sp³-hybridized carbons (Fsp3) is 0.474. The predicted octanol–water partition coefficient (Wildman–Crippen LogP) is 6.02. The predicted molar refractivity (Wildman–Crippen MR) is 111 cm³/mol. The lowest BCUT2D eigenvalue weighted by Gasteiger charge is -2.14. The van der Waals surface area contributed by atoms with E-state index in [1.807, 2.05) is 19.1 Å². The summed E-state index contributed by atoms with van der Waals surface area (Å²) < 4.78 is 7.57.